The number of ketones is 1. The minimum atomic E-state index is -3.10. The fraction of sp³-hybridized carbons (Fsp3) is 0.800. The number of nitrogens with zero attached hydrogens (tertiary/aromatic N) is 1. The highest BCUT2D eigenvalue weighted by Gasteiger charge is 2.44. The van der Waals surface area contributed by atoms with Crippen molar-refractivity contribution in [1.82, 2.24) is 20.9 Å². The van der Waals surface area contributed by atoms with Gasteiger partial charge in [-0.15, -0.1) is 0 Å². The average Bonchev–Trinajstić information content (AvgIpc) is 3.61. The number of Topliss-reactive ketones (excluding diaryl/α,β-unsaturated/α-hetero) is 1. The normalized spacial score (nSPS) is 21.9. The third-order valence-corrected chi connectivity index (χ3v) is 6.69. The molecule has 0 radical (unpaired) electrons. The van der Waals surface area contributed by atoms with E-state index in [1.165, 1.54) is 12.0 Å². The molecule has 1 heterocycles. The molecule has 1 saturated heterocycles. The molecule has 1 aliphatic carbocycles. The predicted octanol–water partition coefficient (Wildman–Crippen LogP) is 2.15. The van der Waals surface area contributed by atoms with E-state index in [1.807, 2.05) is 0 Å². The van der Waals surface area contributed by atoms with Crippen LogP contribution in [0.1, 0.15) is 73.1 Å². The Labute approximate surface area is 216 Å². The quantitative estimate of drug-likeness (QED) is 0.371. The summed E-state index contributed by atoms with van der Waals surface area (Å²) in [6.45, 7) is 7.97. The van der Waals surface area contributed by atoms with E-state index in [2.05, 4.69) is 20.7 Å². The number of nitrogens with one attached hydrogen (secondary N) is 3. The van der Waals surface area contributed by atoms with Crippen LogP contribution in [0.25, 0.3) is 0 Å². The molecule has 4 atom stereocenters. The van der Waals surface area contributed by atoms with Crippen molar-refractivity contribution >= 4 is 29.6 Å². The topological polar surface area (TPSA) is 134 Å². The van der Waals surface area contributed by atoms with Gasteiger partial charge in [-0.1, -0.05) is 27.7 Å². The molecule has 1 saturated carbocycles. The SMILES string of the molecule is COC(=O)N[C@H](C(=O)N1CCCC(C)C1C(=O)N[C@@H](CCC(C)(F)F)C(=O)C(=O)NC1CC1)C(C)(C)C. The molecule has 10 nitrogen and oxygen atoms in total. The summed E-state index contributed by atoms with van der Waals surface area (Å²) >= 11 is 0. The first-order valence-corrected chi connectivity index (χ1v) is 12.7. The van der Waals surface area contributed by atoms with Gasteiger partial charge in [0, 0.05) is 19.0 Å². The number of ether oxygens (including phenoxy) is 1. The van der Waals surface area contributed by atoms with E-state index in [9.17, 15) is 32.8 Å². The van der Waals surface area contributed by atoms with Gasteiger partial charge in [0.25, 0.3) is 5.91 Å². The van der Waals surface area contributed by atoms with Crippen LogP contribution in [0.3, 0.4) is 0 Å². The summed E-state index contributed by atoms with van der Waals surface area (Å²) in [5, 5.41) is 7.56. The first-order chi connectivity index (χ1) is 17.0. The highest BCUT2D eigenvalue weighted by atomic mass is 19.3. The molecule has 37 heavy (non-hydrogen) atoms. The number of carbonyl (C=O) groups is 5. The van der Waals surface area contributed by atoms with Crippen LogP contribution in [0.15, 0.2) is 0 Å². The van der Waals surface area contributed by atoms with Crippen molar-refractivity contribution in [3.63, 3.8) is 0 Å². The summed E-state index contributed by atoms with van der Waals surface area (Å²) < 4.78 is 31.9. The average molecular weight is 531 g/mol. The van der Waals surface area contributed by atoms with Gasteiger partial charge >= 0.3 is 6.09 Å². The van der Waals surface area contributed by atoms with Crippen LogP contribution < -0.4 is 16.0 Å². The molecule has 2 unspecified atom stereocenters. The standard InChI is InChI=1S/C25H40F2N4O6/c1-14-8-7-13-31(22(35)19(24(2,3)4)30-23(36)37-6)17(14)20(33)29-16(11-12-25(5,26)27)18(32)21(34)28-15-9-10-15/h14-17,19H,7-13H2,1-6H3,(H,28,34)(H,29,33)(H,30,36)/t14?,16-,17?,19+/m0/s1. The fourth-order valence-electron chi connectivity index (χ4n) is 4.39. The minimum absolute atomic E-state index is 0.122. The van der Waals surface area contributed by atoms with E-state index in [0.29, 0.717) is 19.8 Å². The molecule has 0 aromatic carbocycles. The Hall–Kier alpha value is -2.79. The van der Waals surface area contributed by atoms with Crippen molar-refractivity contribution in [2.24, 2.45) is 11.3 Å². The summed E-state index contributed by atoms with van der Waals surface area (Å²) in [5.74, 6) is -6.55. The molecule has 2 rings (SSSR count). The van der Waals surface area contributed by atoms with Crippen LogP contribution in [0, 0.1) is 11.3 Å². The van der Waals surface area contributed by atoms with E-state index in [0.717, 1.165) is 12.8 Å². The van der Waals surface area contributed by atoms with Gasteiger partial charge in [-0.2, -0.15) is 0 Å². The molecule has 2 fully saturated rings. The fourth-order valence-corrected chi connectivity index (χ4v) is 4.39. The van der Waals surface area contributed by atoms with Crippen molar-refractivity contribution in [2.75, 3.05) is 13.7 Å². The Balaban J connectivity index is 2.28. The Kier molecular flexibility index (Phi) is 10.0. The zero-order chi connectivity index (χ0) is 28.1. The Morgan fingerprint density at radius 1 is 1.03 bits per heavy atom. The first kappa shape index (κ1) is 30.4. The first-order valence-electron chi connectivity index (χ1n) is 12.7. The van der Waals surface area contributed by atoms with Gasteiger partial charge in [0.2, 0.25) is 23.5 Å². The molecule has 0 aromatic heterocycles. The van der Waals surface area contributed by atoms with Crippen LogP contribution in [0.4, 0.5) is 13.6 Å². The lowest BCUT2D eigenvalue weighted by Gasteiger charge is -2.43. The zero-order valence-electron chi connectivity index (χ0n) is 22.5. The van der Waals surface area contributed by atoms with Gasteiger partial charge in [0.1, 0.15) is 12.1 Å². The maximum atomic E-state index is 13.6. The second kappa shape index (κ2) is 12.2. The third-order valence-electron chi connectivity index (χ3n) is 6.69. The van der Waals surface area contributed by atoms with Crippen LogP contribution in [0.2, 0.25) is 0 Å². The van der Waals surface area contributed by atoms with E-state index in [-0.39, 0.29) is 18.5 Å². The van der Waals surface area contributed by atoms with Gasteiger partial charge < -0.3 is 25.6 Å². The van der Waals surface area contributed by atoms with Gasteiger partial charge in [-0.05, 0) is 50.4 Å². The number of piperidine rings is 1. The van der Waals surface area contributed by atoms with E-state index >= 15 is 0 Å². The summed E-state index contributed by atoms with van der Waals surface area (Å²) in [6.07, 6.45) is 0.740. The summed E-state index contributed by atoms with van der Waals surface area (Å²) in [6, 6.07) is -3.62. The number of likely N-dealkylation sites (tertiary alicyclic amines) is 1. The predicted molar refractivity (Wildman–Crippen MR) is 131 cm³/mol. The highest BCUT2D eigenvalue weighted by molar-refractivity contribution is 6.38. The molecule has 1 aliphatic heterocycles. The van der Waals surface area contributed by atoms with Crippen LogP contribution in [-0.2, 0) is 23.9 Å². The molecular formula is C25H40F2N4O6. The molecule has 4 amide bonds. The molecule has 3 N–H and O–H groups in total. The van der Waals surface area contributed by atoms with E-state index in [1.54, 1.807) is 27.7 Å². The number of alkyl carbamates (subject to hydrolysis) is 1. The van der Waals surface area contributed by atoms with Gasteiger partial charge in [0.15, 0.2) is 0 Å². The minimum Gasteiger partial charge on any atom is -0.453 e. The lowest BCUT2D eigenvalue weighted by molar-refractivity contribution is -0.149. The maximum absolute atomic E-state index is 13.6. The van der Waals surface area contributed by atoms with Crippen molar-refractivity contribution < 1.29 is 37.5 Å². The number of amides is 4. The summed E-state index contributed by atoms with van der Waals surface area (Å²) in [5.41, 5.74) is -0.723. The van der Waals surface area contributed by atoms with Crippen LogP contribution in [-0.4, -0.2) is 78.2 Å². The number of alkyl halides is 2. The lowest BCUT2D eigenvalue weighted by atomic mass is 9.83. The lowest BCUT2D eigenvalue weighted by Crippen LogP contribution is -2.63. The number of hydrogen-bond donors (Lipinski definition) is 3. The van der Waals surface area contributed by atoms with E-state index in [4.69, 9.17) is 0 Å². The largest absolute Gasteiger partial charge is 0.453 e. The number of rotatable bonds is 10. The number of methoxy groups -OCH3 is 1. The molecule has 12 heteroatoms. The van der Waals surface area contributed by atoms with Crippen LogP contribution >= 0.6 is 0 Å². The van der Waals surface area contributed by atoms with Crippen molar-refractivity contribution in [2.45, 2.75) is 103 Å². The molecule has 0 spiro atoms. The molecule has 210 valence electrons. The van der Waals surface area contributed by atoms with Gasteiger partial charge in [0.05, 0.1) is 13.2 Å². The van der Waals surface area contributed by atoms with E-state index < -0.39 is 71.9 Å². The second-order valence-corrected chi connectivity index (χ2v) is 11.3. The number of hydrogen-bond acceptors (Lipinski definition) is 6. The highest BCUT2D eigenvalue weighted by Crippen LogP contribution is 2.29. The van der Waals surface area contributed by atoms with Crippen molar-refractivity contribution in [1.29, 1.82) is 0 Å². The Morgan fingerprint density at radius 2 is 1.65 bits per heavy atom. The monoisotopic (exact) mass is 530 g/mol. The smallest absolute Gasteiger partial charge is 0.407 e. The van der Waals surface area contributed by atoms with Crippen LogP contribution in [0.5, 0.6) is 0 Å². The van der Waals surface area contributed by atoms with Gasteiger partial charge in [-0.25, -0.2) is 13.6 Å². The molecule has 2 aliphatic rings. The van der Waals surface area contributed by atoms with Crippen molar-refractivity contribution in [3.8, 4) is 0 Å². The Bertz CT molecular complexity index is 881. The summed E-state index contributed by atoms with van der Waals surface area (Å²) in [7, 11) is 1.18. The Morgan fingerprint density at radius 3 is 2.16 bits per heavy atom. The maximum Gasteiger partial charge on any atom is 0.407 e. The number of halogens is 2. The second-order valence-electron chi connectivity index (χ2n) is 11.3. The molecular weight excluding hydrogens is 490 g/mol. The van der Waals surface area contributed by atoms with Gasteiger partial charge in [-0.3, -0.25) is 19.2 Å². The van der Waals surface area contributed by atoms with Crippen molar-refractivity contribution in [3.05, 3.63) is 0 Å². The molecule has 0 bridgehead atoms. The molecule has 0 aromatic rings. The summed E-state index contributed by atoms with van der Waals surface area (Å²) in [4.78, 5) is 65.6. The third kappa shape index (κ3) is 8.92. The number of carbonyl (C=O) groups excluding carboxylic acids is 5. The zero-order valence-corrected chi connectivity index (χ0v) is 22.5.